The molecule has 2 saturated heterocycles. The number of carbonyl (C=O) groups excluding carboxylic acids is 1. The summed E-state index contributed by atoms with van der Waals surface area (Å²) in [7, 11) is 0. The molecule has 1 unspecified atom stereocenters. The molecule has 2 aliphatic rings. The molecule has 24 heavy (non-hydrogen) atoms. The minimum Gasteiger partial charge on any atom is -0.379 e. The highest BCUT2D eigenvalue weighted by molar-refractivity contribution is 14.0. The van der Waals surface area contributed by atoms with Gasteiger partial charge in [0, 0.05) is 58.8 Å². The third-order valence-corrected chi connectivity index (χ3v) is 4.51. The van der Waals surface area contributed by atoms with E-state index in [0.717, 1.165) is 71.5 Å². The van der Waals surface area contributed by atoms with Crippen molar-refractivity contribution >= 4 is 35.8 Å². The van der Waals surface area contributed by atoms with Gasteiger partial charge >= 0.3 is 0 Å². The van der Waals surface area contributed by atoms with Crippen LogP contribution in [-0.4, -0.2) is 98.2 Å². The molecule has 2 fully saturated rings. The smallest absolute Gasteiger partial charge is 0.219 e. The van der Waals surface area contributed by atoms with Crippen LogP contribution in [0.2, 0.25) is 0 Å². The van der Waals surface area contributed by atoms with Crippen LogP contribution in [0.15, 0.2) is 4.99 Å². The third-order valence-electron chi connectivity index (χ3n) is 4.51. The molecule has 0 aromatic carbocycles. The molecule has 0 saturated carbocycles. The van der Waals surface area contributed by atoms with E-state index in [9.17, 15) is 4.79 Å². The van der Waals surface area contributed by atoms with Gasteiger partial charge in [-0.25, -0.2) is 0 Å². The monoisotopic (exact) mass is 453 g/mol. The molecule has 0 aliphatic carbocycles. The van der Waals surface area contributed by atoms with Gasteiger partial charge < -0.3 is 19.9 Å². The van der Waals surface area contributed by atoms with Crippen molar-refractivity contribution in [2.24, 2.45) is 4.99 Å². The molecule has 7 nitrogen and oxygen atoms in total. The maximum atomic E-state index is 11.4. The average molecular weight is 453 g/mol. The summed E-state index contributed by atoms with van der Waals surface area (Å²) in [6, 6.07) is 0.473. The van der Waals surface area contributed by atoms with Crippen molar-refractivity contribution in [1.82, 2.24) is 20.0 Å². The van der Waals surface area contributed by atoms with Crippen LogP contribution in [0.1, 0.15) is 20.8 Å². The number of amides is 1. The van der Waals surface area contributed by atoms with Crippen molar-refractivity contribution in [2.75, 3.05) is 65.6 Å². The number of ether oxygens (including phenoxy) is 1. The highest BCUT2D eigenvalue weighted by Crippen LogP contribution is 2.06. The van der Waals surface area contributed by atoms with Gasteiger partial charge in [0.15, 0.2) is 5.96 Å². The van der Waals surface area contributed by atoms with E-state index in [1.165, 1.54) is 0 Å². The first kappa shape index (κ1) is 21.4. The molecule has 8 heteroatoms. The number of guanidine groups is 1. The van der Waals surface area contributed by atoms with Crippen molar-refractivity contribution in [1.29, 1.82) is 0 Å². The van der Waals surface area contributed by atoms with Crippen LogP contribution in [0.4, 0.5) is 0 Å². The Bertz CT molecular complexity index is 413. The standard InChI is InChI=1S/C16H31N5O2.HI/c1-4-17-16(21-9-7-20(8-10-21)15(3)22)18-5-6-19-11-12-23-13-14(19)2;/h14H,4-13H2,1-3H3,(H,17,18);1H. The Morgan fingerprint density at radius 2 is 1.88 bits per heavy atom. The number of piperazine rings is 1. The van der Waals surface area contributed by atoms with Crippen LogP contribution >= 0.6 is 24.0 Å². The largest absolute Gasteiger partial charge is 0.379 e. The van der Waals surface area contributed by atoms with E-state index in [1.807, 2.05) is 4.90 Å². The van der Waals surface area contributed by atoms with Gasteiger partial charge in [-0.3, -0.25) is 14.7 Å². The Morgan fingerprint density at radius 3 is 2.46 bits per heavy atom. The van der Waals surface area contributed by atoms with Gasteiger partial charge in [0.1, 0.15) is 0 Å². The molecule has 1 atom stereocenters. The number of hydrogen-bond acceptors (Lipinski definition) is 4. The summed E-state index contributed by atoms with van der Waals surface area (Å²) in [6.45, 7) is 14.4. The van der Waals surface area contributed by atoms with Gasteiger partial charge in [0.25, 0.3) is 0 Å². The van der Waals surface area contributed by atoms with E-state index in [0.29, 0.717) is 6.04 Å². The van der Waals surface area contributed by atoms with E-state index in [-0.39, 0.29) is 29.9 Å². The minimum atomic E-state index is 0. The van der Waals surface area contributed by atoms with Crippen LogP contribution in [0.5, 0.6) is 0 Å². The number of aliphatic imine (C=N–C) groups is 1. The summed E-state index contributed by atoms with van der Waals surface area (Å²) in [6.07, 6.45) is 0. The lowest BCUT2D eigenvalue weighted by molar-refractivity contribution is -0.130. The lowest BCUT2D eigenvalue weighted by Gasteiger charge is -2.36. The molecule has 0 spiro atoms. The molecular formula is C16H32IN5O2. The number of nitrogens with zero attached hydrogens (tertiary/aromatic N) is 4. The molecule has 0 aromatic heterocycles. The van der Waals surface area contributed by atoms with Gasteiger partial charge in [0.05, 0.1) is 19.8 Å². The van der Waals surface area contributed by atoms with E-state index in [1.54, 1.807) is 6.92 Å². The Kier molecular flexibility index (Phi) is 9.91. The fourth-order valence-corrected chi connectivity index (χ4v) is 3.04. The first-order chi connectivity index (χ1) is 11.1. The first-order valence-electron chi connectivity index (χ1n) is 8.72. The fraction of sp³-hybridized carbons (Fsp3) is 0.875. The molecule has 2 heterocycles. The molecular weight excluding hydrogens is 421 g/mol. The second-order valence-electron chi connectivity index (χ2n) is 6.19. The van der Waals surface area contributed by atoms with Crippen LogP contribution in [0.3, 0.4) is 0 Å². The molecule has 2 aliphatic heterocycles. The maximum absolute atomic E-state index is 11.4. The molecule has 1 N–H and O–H groups in total. The summed E-state index contributed by atoms with van der Waals surface area (Å²) >= 11 is 0. The van der Waals surface area contributed by atoms with Crippen LogP contribution < -0.4 is 5.32 Å². The lowest BCUT2D eigenvalue weighted by Crippen LogP contribution is -2.53. The molecule has 0 radical (unpaired) electrons. The molecule has 0 bridgehead atoms. The Balaban J connectivity index is 0.00000288. The predicted molar refractivity (Wildman–Crippen MR) is 107 cm³/mol. The predicted octanol–water partition coefficient (Wildman–Crippen LogP) is 0.455. The quantitative estimate of drug-likeness (QED) is 0.381. The Morgan fingerprint density at radius 1 is 1.21 bits per heavy atom. The van der Waals surface area contributed by atoms with E-state index in [2.05, 4.69) is 29.0 Å². The number of morpholine rings is 1. The van der Waals surface area contributed by atoms with Gasteiger partial charge in [-0.15, -0.1) is 24.0 Å². The zero-order valence-electron chi connectivity index (χ0n) is 15.2. The number of nitrogens with one attached hydrogen (secondary N) is 1. The zero-order valence-corrected chi connectivity index (χ0v) is 17.5. The number of carbonyl (C=O) groups is 1. The zero-order chi connectivity index (χ0) is 16.7. The second-order valence-corrected chi connectivity index (χ2v) is 6.19. The van der Waals surface area contributed by atoms with E-state index >= 15 is 0 Å². The highest BCUT2D eigenvalue weighted by Gasteiger charge is 2.21. The molecule has 0 aromatic rings. The van der Waals surface area contributed by atoms with Gasteiger partial charge in [-0.2, -0.15) is 0 Å². The van der Waals surface area contributed by atoms with Crippen molar-refractivity contribution in [3.05, 3.63) is 0 Å². The number of hydrogen-bond donors (Lipinski definition) is 1. The van der Waals surface area contributed by atoms with Crippen molar-refractivity contribution in [3.8, 4) is 0 Å². The van der Waals surface area contributed by atoms with Gasteiger partial charge in [-0.1, -0.05) is 0 Å². The Labute approximate surface area is 162 Å². The van der Waals surface area contributed by atoms with Crippen LogP contribution in [0, 0.1) is 0 Å². The minimum absolute atomic E-state index is 0. The topological polar surface area (TPSA) is 60.4 Å². The summed E-state index contributed by atoms with van der Waals surface area (Å²) in [5.41, 5.74) is 0. The van der Waals surface area contributed by atoms with Crippen molar-refractivity contribution < 1.29 is 9.53 Å². The fourth-order valence-electron chi connectivity index (χ4n) is 3.04. The first-order valence-corrected chi connectivity index (χ1v) is 8.72. The number of halogens is 1. The SMILES string of the molecule is CCNC(=NCCN1CCOCC1C)N1CCN(C(C)=O)CC1.I. The molecule has 2 rings (SSSR count). The Hall–Kier alpha value is -0.610. The second kappa shape index (κ2) is 11.1. The highest BCUT2D eigenvalue weighted by atomic mass is 127. The summed E-state index contributed by atoms with van der Waals surface area (Å²) in [5.74, 6) is 1.13. The summed E-state index contributed by atoms with van der Waals surface area (Å²) < 4.78 is 5.47. The van der Waals surface area contributed by atoms with Crippen LogP contribution in [-0.2, 0) is 9.53 Å². The molecule has 1 amide bonds. The summed E-state index contributed by atoms with van der Waals surface area (Å²) in [4.78, 5) is 22.8. The molecule has 140 valence electrons. The maximum Gasteiger partial charge on any atom is 0.219 e. The van der Waals surface area contributed by atoms with Gasteiger partial charge in [0.2, 0.25) is 5.91 Å². The average Bonchev–Trinajstić information content (AvgIpc) is 2.56. The van der Waals surface area contributed by atoms with Crippen molar-refractivity contribution in [2.45, 2.75) is 26.8 Å². The normalized spacial score (nSPS) is 23.0. The third kappa shape index (κ3) is 6.36. The van der Waals surface area contributed by atoms with Gasteiger partial charge in [-0.05, 0) is 13.8 Å². The summed E-state index contributed by atoms with van der Waals surface area (Å²) in [5, 5.41) is 3.37. The van der Waals surface area contributed by atoms with Crippen molar-refractivity contribution in [3.63, 3.8) is 0 Å². The lowest BCUT2D eigenvalue weighted by atomic mass is 10.2. The van der Waals surface area contributed by atoms with Crippen LogP contribution in [0.25, 0.3) is 0 Å². The number of rotatable bonds is 4. The van der Waals surface area contributed by atoms with E-state index < -0.39 is 0 Å². The van der Waals surface area contributed by atoms with E-state index in [4.69, 9.17) is 9.73 Å².